The number of nitrogens with zero attached hydrogens (tertiary/aromatic N) is 2. The number of rotatable bonds is 2. The maximum absolute atomic E-state index is 11.7. The van der Waals surface area contributed by atoms with Crippen molar-refractivity contribution in [2.45, 2.75) is 6.92 Å². The lowest BCUT2D eigenvalue weighted by Gasteiger charge is -2.13. The Morgan fingerprint density at radius 3 is 2.93 bits per heavy atom. The fourth-order valence-electron chi connectivity index (χ4n) is 1.39. The lowest BCUT2D eigenvalue weighted by molar-refractivity contribution is -0.0454. The largest absolute Gasteiger partial charge is 0.363 e. The van der Waals surface area contributed by atoms with Crippen LogP contribution in [0.1, 0.15) is 15.9 Å². The van der Waals surface area contributed by atoms with Gasteiger partial charge < -0.3 is 4.84 Å². The van der Waals surface area contributed by atoms with Gasteiger partial charge in [0.2, 0.25) is 0 Å². The summed E-state index contributed by atoms with van der Waals surface area (Å²) in [7, 11) is 0. The molecule has 0 atom stereocenters. The summed E-state index contributed by atoms with van der Waals surface area (Å²) in [6, 6.07) is 7.35. The van der Waals surface area contributed by atoms with Crippen molar-refractivity contribution in [2.24, 2.45) is 4.99 Å². The Kier molecular flexibility index (Phi) is 2.67. The Morgan fingerprint density at radius 2 is 2.27 bits per heavy atom. The van der Waals surface area contributed by atoms with Gasteiger partial charge in [-0.25, -0.2) is 4.79 Å². The number of hydrogen-bond donors (Lipinski definition) is 0. The van der Waals surface area contributed by atoms with E-state index in [0.29, 0.717) is 18.7 Å². The number of hydrogen-bond acceptors (Lipinski definition) is 4. The van der Waals surface area contributed by atoms with E-state index in [2.05, 4.69) is 4.99 Å². The van der Waals surface area contributed by atoms with Crippen molar-refractivity contribution in [2.75, 3.05) is 13.1 Å². The zero-order valence-corrected chi connectivity index (χ0v) is 8.51. The van der Waals surface area contributed by atoms with Crippen LogP contribution < -0.4 is 0 Å². The first-order valence-corrected chi connectivity index (χ1v) is 4.82. The van der Waals surface area contributed by atoms with Crippen molar-refractivity contribution >= 4 is 12.3 Å². The van der Waals surface area contributed by atoms with E-state index in [4.69, 9.17) is 4.84 Å². The molecule has 0 bridgehead atoms. The van der Waals surface area contributed by atoms with E-state index in [0.717, 1.165) is 5.56 Å². The molecule has 0 N–H and O–H groups in total. The maximum atomic E-state index is 11.7. The Bertz CT molecular complexity index is 401. The van der Waals surface area contributed by atoms with Crippen molar-refractivity contribution in [3.05, 3.63) is 35.4 Å². The SMILES string of the molecule is Cc1ccccc1C(=O)ON1C=NCC1. The van der Waals surface area contributed by atoms with Gasteiger partial charge in [-0.15, -0.1) is 0 Å². The Balaban J connectivity index is 2.07. The molecule has 2 rings (SSSR count). The highest BCUT2D eigenvalue weighted by Crippen LogP contribution is 2.09. The molecule has 15 heavy (non-hydrogen) atoms. The summed E-state index contributed by atoms with van der Waals surface area (Å²) >= 11 is 0. The van der Waals surface area contributed by atoms with Crippen LogP contribution in [0.15, 0.2) is 29.3 Å². The number of carbonyl (C=O) groups excluding carboxylic acids is 1. The zero-order valence-electron chi connectivity index (χ0n) is 8.51. The average molecular weight is 204 g/mol. The molecule has 1 aliphatic heterocycles. The monoisotopic (exact) mass is 204 g/mol. The second kappa shape index (κ2) is 4.13. The summed E-state index contributed by atoms with van der Waals surface area (Å²) < 4.78 is 0. The van der Waals surface area contributed by atoms with Gasteiger partial charge in [-0.05, 0) is 18.6 Å². The number of hydroxylamine groups is 2. The van der Waals surface area contributed by atoms with Crippen LogP contribution in [0.4, 0.5) is 0 Å². The predicted octanol–water partition coefficient (Wildman–Crippen LogP) is 1.41. The van der Waals surface area contributed by atoms with Gasteiger partial charge in [-0.1, -0.05) is 18.2 Å². The van der Waals surface area contributed by atoms with Crippen LogP contribution in [0.2, 0.25) is 0 Å². The molecule has 78 valence electrons. The van der Waals surface area contributed by atoms with Crippen molar-refractivity contribution in [3.63, 3.8) is 0 Å². The van der Waals surface area contributed by atoms with Gasteiger partial charge in [0.25, 0.3) is 0 Å². The molecule has 0 spiro atoms. The number of benzene rings is 1. The molecule has 0 aromatic heterocycles. The molecule has 0 saturated carbocycles. The van der Waals surface area contributed by atoms with Crippen LogP contribution >= 0.6 is 0 Å². The normalized spacial score (nSPS) is 14.3. The van der Waals surface area contributed by atoms with Crippen LogP contribution in [-0.4, -0.2) is 30.5 Å². The van der Waals surface area contributed by atoms with Gasteiger partial charge in [-0.3, -0.25) is 4.99 Å². The molecule has 1 aromatic rings. The second-order valence-electron chi connectivity index (χ2n) is 3.36. The minimum atomic E-state index is -0.332. The van der Waals surface area contributed by atoms with Gasteiger partial charge >= 0.3 is 5.97 Å². The molecule has 0 aliphatic carbocycles. The Morgan fingerprint density at radius 1 is 1.47 bits per heavy atom. The van der Waals surface area contributed by atoms with E-state index in [1.807, 2.05) is 25.1 Å². The smallest absolute Gasteiger partial charge is 0.334 e. The molecule has 0 fully saturated rings. The van der Waals surface area contributed by atoms with Gasteiger partial charge in [0.1, 0.15) is 6.34 Å². The molecule has 0 radical (unpaired) electrons. The third kappa shape index (κ3) is 2.15. The topological polar surface area (TPSA) is 41.9 Å². The van der Waals surface area contributed by atoms with Crippen molar-refractivity contribution < 1.29 is 9.63 Å². The van der Waals surface area contributed by atoms with Gasteiger partial charge in [-0.2, -0.15) is 5.06 Å². The molecular formula is C11H12N2O2. The Labute approximate surface area is 88.1 Å². The molecule has 1 aliphatic rings. The molecule has 1 heterocycles. The third-order valence-electron chi connectivity index (χ3n) is 2.23. The standard InChI is InChI=1S/C11H12N2O2/c1-9-4-2-3-5-10(9)11(14)15-13-7-6-12-8-13/h2-5,8H,6-7H2,1H3. The highest BCUT2D eigenvalue weighted by atomic mass is 16.7. The lowest BCUT2D eigenvalue weighted by atomic mass is 10.1. The fourth-order valence-corrected chi connectivity index (χ4v) is 1.39. The van der Waals surface area contributed by atoms with Gasteiger partial charge in [0.15, 0.2) is 0 Å². The first-order chi connectivity index (χ1) is 7.27. The molecule has 4 heteroatoms. The Hall–Kier alpha value is -1.84. The van der Waals surface area contributed by atoms with E-state index >= 15 is 0 Å². The van der Waals surface area contributed by atoms with Crippen molar-refractivity contribution in [1.29, 1.82) is 0 Å². The minimum absolute atomic E-state index is 0.332. The molecule has 0 unspecified atom stereocenters. The zero-order chi connectivity index (χ0) is 10.7. The number of aryl methyl sites for hydroxylation is 1. The first kappa shape index (κ1) is 9.71. The third-order valence-corrected chi connectivity index (χ3v) is 2.23. The van der Waals surface area contributed by atoms with E-state index in [1.54, 1.807) is 6.07 Å². The van der Waals surface area contributed by atoms with Crippen LogP contribution in [0, 0.1) is 6.92 Å². The van der Waals surface area contributed by atoms with Crippen LogP contribution in [0.5, 0.6) is 0 Å². The quantitative estimate of drug-likeness (QED) is 0.731. The summed E-state index contributed by atoms with van der Waals surface area (Å²) in [4.78, 5) is 20.8. The summed E-state index contributed by atoms with van der Waals surface area (Å²) in [6.07, 6.45) is 1.54. The molecule has 4 nitrogen and oxygen atoms in total. The summed E-state index contributed by atoms with van der Waals surface area (Å²) in [5.74, 6) is -0.332. The van der Waals surface area contributed by atoms with Gasteiger partial charge in [0.05, 0.1) is 18.7 Å². The number of carbonyl (C=O) groups is 1. The minimum Gasteiger partial charge on any atom is -0.334 e. The van der Waals surface area contributed by atoms with Gasteiger partial charge in [0, 0.05) is 0 Å². The van der Waals surface area contributed by atoms with E-state index in [1.165, 1.54) is 11.4 Å². The first-order valence-electron chi connectivity index (χ1n) is 4.82. The fraction of sp³-hybridized carbons (Fsp3) is 0.273. The van der Waals surface area contributed by atoms with E-state index in [-0.39, 0.29) is 5.97 Å². The van der Waals surface area contributed by atoms with Crippen LogP contribution in [0.3, 0.4) is 0 Å². The number of aliphatic imine (C=N–C) groups is 1. The average Bonchev–Trinajstić information content (AvgIpc) is 2.71. The lowest BCUT2D eigenvalue weighted by Crippen LogP contribution is -2.24. The molecule has 1 aromatic carbocycles. The van der Waals surface area contributed by atoms with Crippen molar-refractivity contribution in [1.82, 2.24) is 5.06 Å². The predicted molar refractivity (Wildman–Crippen MR) is 56.7 cm³/mol. The highest BCUT2D eigenvalue weighted by molar-refractivity contribution is 5.91. The summed E-state index contributed by atoms with van der Waals surface area (Å²) in [6.45, 7) is 3.20. The van der Waals surface area contributed by atoms with Crippen LogP contribution in [0.25, 0.3) is 0 Å². The molecular weight excluding hydrogens is 192 g/mol. The van der Waals surface area contributed by atoms with E-state index in [9.17, 15) is 4.79 Å². The maximum Gasteiger partial charge on any atom is 0.363 e. The van der Waals surface area contributed by atoms with E-state index < -0.39 is 0 Å². The molecule has 0 saturated heterocycles. The second-order valence-corrected chi connectivity index (χ2v) is 3.36. The van der Waals surface area contributed by atoms with Crippen LogP contribution in [-0.2, 0) is 4.84 Å². The summed E-state index contributed by atoms with van der Waals surface area (Å²) in [5.41, 5.74) is 1.51. The summed E-state index contributed by atoms with van der Waals surface area (Å²) in [5, 5.41) is 1.45. The molecule has 0 amide bonds. The van der Waals surface area contributed by atoms with Crippen molar-refractivity contribution in [3.8, 4) is 0 Å². The highest BCUT2D eigenvalue weighted by Gasteiger charge is 2.15.